The molecule has 0 aromatic heterocycles. The van der Waals surface area contributed by atoms with E-state index in [1.165, 1.54) is 0 Å². The first-order valence-electron chi connectivity index (χ1n) is 5.85. The second-order valence-electron chi connectivity index (χ2n) is 4.14. The molecule has 0 bridgehead atoms. The Kier molecular flexibility index (Phi) is 5.73. The van der Waals surface area contributed by atoms with E-state index >= 15 is 0 Å². The van der Waals surface area contributed by atoms with Crippen molar-refractivity contribution < 1.29 is 14.3 Å². The summed E-state index contributed by atoms with van der Waals surface area (Å²) in [5.41, 5.74) is 5.76. The number of esters is 1. The molecular weight excluding hydrogens is 208 g/mol. The molecule has 0 radical (unpaired) electrons. The van der Waals surface area contributed by atoms with E-state index < -0.39 is 6.04 Å². The SMILES string of the molecule is CCOC(=O)C(N)CN(C)C1CCOCC1. The van der Waals surface area contributed by atoms with Gasteiger partial charge in [0.15, 0.2) is 0 Å². The van der Waals surface area contributed by atoms with E-state index in [0.717, 1.165) is 26.1 Å². The minimum Gasteiger partial charge on any atom is -0.465 e. The molecule has 1 atom stereocenters. The summed E-state index contributed by atoms with van der Waals surface area (Å²) in [5.74, 6) is -0.318. The van der Waals surface area contributed by atoms with Crippen LogP contribution in [0.3, 0.4) is 0 Å². The monoisotopic (exact) mass is 230 g/mol. The van der Waals surface area contributed by atoms with Gasteiger partial charge in [0.05, 0.1) is 6.61 Å². The van der Waals surface area contributed by atoms with Crippen molar-refractivity contribution in [1.82, 2.24) is 4.90 Å². The third-order valence-corrected chi connectivity index (χ3v) is 2.89. The highest BCUT2D eigenvalue weighted by Crippen LogP contribution is 2.12. The van der Waals surface area contributed by atoms with E-state index in [4.69, 9.17) is 15.2 Å². The van der Waals surface area contributed by atoms with Crippen molar-refractivity contribution in [2.45, 2.75) is 31.8 Å². The van der Waals surface area contributed by atoms with E-state index in [0.29, 0.717) is 19.2 Å². The van der Waals surface area contributed by atoms with Gasteiger partial charge in [-0.05, 0) is 26.8 Å². The number of carbonyl (C=O) groups excluding carboxylic acids is 1. The van der Waals surface area contributed by atoms with Gasteiger partial charge in [-0.25, -0.2) is 0 Å². The first-order valence-corrected chi connectivity index (χ1v) is 5.85. The highest BCUT2D eigenvalue weighted by molar-refractivity contribution is 5.75. The van der Waals surface area contributed by atoms with Crippen molar-refractivity contribution in [3.63, 3.8) is 0 Å². The molecule has 1 unspecified atom stereocenters. The zero-order valence-corrected chi connectivity index (χ0v) is 10.1. The Morgan fingerprint density at radius 2 is 2.19 bits per heavy atom. The summed E-state index contributed by atoms with van der Waals surface area (Å²) in [6.45, 7) is 4.30. The summed E-state index contributed by atoms with van der Waals surface area (Å²) in [6.07, 6.45) is 2.01. The Hall–Kier alpha value is -0.650. The highest BCUT2D eigenvalue weighted by atomic mass is 16.5. The van der Waals surface area contributed by atoms with Gasteiger partial charge in [0.25, 0.3) is 0 Å². The Labute approximate surface area is 96.9 Å². The van der Waals surface area contributed by atoms with Gasteiger partial charge in [0.1, 0.15) is 6.04 Å². The maximum absolute atomic E-state index is 11.4. The van der Waals surface area contributed by atoms with E-state index in [9.17, 15) is 4.79 Å². The Balaban J connectivity index is 2.31. The minimum atomic E-state index is -0.548. The van der Waals surface area contributed by atoms with Crippen LogP contribution in [0.5, 0.6) is 0 Å². The quantitative estimate of drug-likeness (QED) is 0.673. The average Bonchev–Trinajstić information content (AvgIpc) is 2.30. The Bertz CT molecular complexity index is 217. The molecule has 0 aromatic carbocycles. The molecule has 0 aliphatic carbocycles. The van der Waals surface area contributed by atoms with E-state index in [1.807, 2.05) is 7.05 Å². The van der Waals surface area contributed by atoms with Crippen LogP contribution in [0, 0.1) is 0 Å². The summed E-state index contributed by atoms with van der Waals surface area (Å²) >= 11 is 0. The van der Waals surface area contributed by atoms with Crippen LogP contribution in [0.25, 0.3) is 0 Å². The predicted octanol–water partition coefficient (Wildman–Crippen LogP) is -0.0124. The van der Waals surface area contributed by atoms with Crippen molar-refractivity contribution in [2.75, 3.05) is 33.4 Å². The highest BCUT2D eigenvalue weighted by Gasteiger charge is 2.23. The molecule has 0 amide bonds. The minimum absolute atomic E-state index is 0.318. The van der Waals surface area contributed by atoms with Crippen LogP contribution in [0.2, 0.25) is 0 Å². The molecule has 0 saturated carbocycles. The van der Waals surface area contributed by atoms with E-state index in [1.54, 1.807) is 6.92 Å². The molecule has 1 fully saturated rings. The maximum Gasteiger partial charge on any atom is 0.324 e. The molecule has 2 N–H and O–H groups in total. The molecule has 5 nitrogen and oxygen atoms in total. The summed E-state index contributed by atoms with van der Waals surface area (Å²) in [5, 5.41) is 0. The Morgan fingerprint density at radius 3 is 2.75 bits per heavy atom. The van der Waals surface area contributed by atoms with Crippen LogP contribution in [-0.4, -0.2) is 56.4 Å². The fourth-order valence-corrected chi connectivity index (χ4v) is 1.91. The van der Waals surface area contributed by atoms with Gasteiger partial charge in [-0.15, -0.1) is 0 Å². The Morgan fingerprint density at radius 1 is 1.56 bits per heavy atom. The third kappa shape index (κ3) is 4.08. The van der Waals surface area contributed by atoms with Gasteiger partial charge in [-0.2, -0.15) is 0 Å². The van der Waals surface area contributed by atoms with Crippen molar-refractivity contribution in [3.05, 3.63) is 0 Å². The first kappa shape index (κ1) is 13.4. The van der Waals surface area contributed by atoms with Gasteiger partial charge in [-0.3, -0.25) is 4.79 Å². The lowest BCUT2D eigenvalue weighted by molar-refractivity contribution is -0.145. The van der Waals surface area contributed by atoms with Gasteiger partial charge in [0, 0.05) is 25.8 Å². The van der Waals surface area contributed by atoms with Crippen LogP contribution >= 0.6 is 0 Å². The van der Waals surface area contributed by atoms with Gasteiger partial charge < -0.3 is 20.1 Å². The van der Waals surface area contributed by atoms with Crippen LogP contribution in [-0.2, 0) is 14.3 Å². The van der Waals surface area contributed by atoms with Crippen LogP contribution in [0.1, 0.15) is 19.8 Å². The third-order valence-electron chi connectivity index (χ3n) is 2.89. The predicted molar refractivity (Wildman–Crippen MR) is 61.1 cm³/mol. The molecule has 0 spiro atoms. The second-order valence-corrected chi connectivity index (χ2v) is 4.14. The largest absolute Gasteiger partial charge is 0.465 e. The zero-order chi connectivity index (χ0) is 12.0. The van der Waals surface area contributed by atoms with Crippen LogP contribution < -0.4 is 5.73 Å². The molecule has 5 heteroatoms. The van der Waals surface area contributed by atoms with Crippen LogP contribution in [0.15, 0.2) is 0 Å². The number of likely N-dealkylation sites (N-methyl/N-ethyl adjacent to an activating group) is 1. The first-order chi connectivity index (χ1) is 7.65. The molecule has 16 heavy (non-hydrogen) atoms. The van der Waals surface area contributed by atoms with Crippen LogP contribution in [0.4, 0.5) is 0 Å². The molecule has 0 aromatic rings. The maximum atomic E-state index is 11.4. The molecule has 1 aliphatic rings. The summed E-state index contributed by atoms with van der Waals surface area (Å²) in [6, 6.07) is -0.0815. The molecule has 1 aliphatic heterocycles. The number of nitrogens with zero attached hydrogens (tertiary/aromatic N) is 1. The average molecular weight is 230 g/mol. The normalized spacial score (nSPS) is 19.8. The standard InChI is InChI=1S/C11H22N2O3/c1-3-16-11(14)10(12)8-13(2)9-4-6-15-7-5-9/h9-10H,3-8,12H2,1-2H3. The zero-order valence-electron chi connectivity index (χ0n) is 10.1. The number of carbonyl (C=O) groups is 1. The lowest BCUT2D eigenvalue weighted by atomic mass is 10.1. The number of hydrogen-bond acceptors (Lipinski definition) is 5. The summed E-state index contributed by atoms with van der Waals surface area (Å²) < 4.78 is 10.2. The lowest BCUT2D eigenvalue weighted by Gasteiger charge is -2.32. The number of nitrogens with two attached hydrogens (primary N) is 1. The van der Waals surface area contributed by atoms with Crippen molar-refractivity contribution in [3.8, 4) is 0 Å². The fourth-order valence-electron chi connectivity index (χ4n) is 1.91. The van der Waals surface area contributed by atoms with Gasteiger partial charge in [-0.1, -0.05) is 0 Å². The number of ether oxygens (including phenoxy) is 2. The van der Waals surface area contributed by atoms with E-state index in [2.05, 4.69) is 4.90 Å². The van der Waals surface area contributed by atoms with Gasteiger partial charge in [0.2, 0.25) is 0 Å². The molecular formula is C11H22N2O3. The smallest absolute Gasteiger partial charge is 0.324 e. The van der Waals surface area contributed by atoms with Crippen molar-refractivity contribution in [2.24, 2.45) is 5.73 Å². The number of hydrogen-bond donors (Lipinski definition) is 1. The summed E-state index contributed by atoms with van der Waals surface area (Å²) in [7, 11) is 2.00. The topological polar surface area (TPSA) is 64.8 Å². The fraction of sp³-hybridized carbons (Fsp3) is 0.909. The van der Waals surface area contributed by atoms with E-state index in [-0.39, 0.29) is 5.97 Å². The lowest BCUT2D eigenvalue weighted by Crippen LogP contribution is -2.47. The molecule has 1 saturated heterocycles. The molecule has 1 heterocycles. The summed E-state index contributed by atoms with van der Waals surface area (Å²) in [4.78, 5) is 13.5. The number of rotatable bonds is 5. The van der Waals surface area contributed by atoms with Crippen molar-refractivity contribution >= 4 is 5.97 Å². The van der Waals surface area contributed by atoms with Crippen molar-refractivity contribution in [1.29, 1.82) is 0 Å². The molecule has 1 rings (SSSR count). The van der Waals surface area contributed by atoms with Gasteiger partial charge >= 0.3 is 5.97 Å². The second kappa shape index (κ2) is 6.83. The molecule has 94 valence electrons.